The number of phenolic OH excluding ortho intramolecular Hbond substituents is 5. The normalized spacial score (nSPS) is 30.9. The highest BCUT2D eigenvalue weighted by atomic mass is 16.8. The first-order chi connectivity index (χ1) is 25.7. The Morgan fingerprint density at radius 2 is 1.43 bits per heavy atom. The van der Waals surface area contributed by atoms with Crippen molar-refractivity contribution in [3.05, 3.63) is 83.1 Å². The van der Waals surface area contributed by atoms with Crippen LogP contribution in [0.4, 0.5) is 0 Å². The van der Waals surface area contributed by atoms with E-state index in [0.29, 0.717) is 5.56 Å². The van der Waals surface area contributed by atoms with Crippen molar-refractivity contribution in [2.45, 2.75) is 67.5 Å². The number of aliphatic hydroxyl groups is 6. The van der Waals surface area contributed by atoms with Crippen molar-refractivity contribution in [1.29, 1.82) is 0 Å². The molecule has 0 spiro atoms. The summed E-state index contributed by atoms with van der Waals surface area (Å²) in [6, 6.07) is 11.8. The number of ether oxygens (including phenoxy) is 6. The molecule has 11 N–H and O–H groups in total. The minimum absolute atomic E-state index is 0.00995. The van der Waals surface area contributed by atoms with Gasteiger partial charge in [0.2, 0.25) is 6.29 Å². The topological polar surface area (TPSA) is 295 Å². The number of carbonyl (C=O) groups excluding carboxylic acids is 1. The highest BCUT2D eigenvalue weighted by Gasteiger charge is 2.52. The second kappa shape index (κ2) is 16.1. The molecule has 0 amide bonds. The number of hydrogen-bond acceptors (Lipinski definition) is 18. The molecule has 3 aromatic rings. The van der Waals surface area contributed by atoms with E-state index in [1.165, 1.54) is 48.6 Å². The van der Waals surface area contributed by atoms with E-state index < -0.39 is 104 Å². The molecule has 3 aliphatic heterocycles. The van der Waals surface area contributed by atoms with Crippen molar-refractivity contribution in [2.75, 3.05) is 13.2 Å². The van der Waals surface area contributed by atoms with Crippen molar-refractivity contribution in [3.8, 4) is 34.5 Å². The highest BCUT2D eigenvalue weighted by Crippen LogP contribution is 2.45. The van der Waals surface area contributed by atoms with Crippen LogP contribution in [0.1, 0.15) is 22.8 Å². The second-order valence-electron chi connectivity index (χ2n) is 12.7. The Labute approximate surface area is 305 Å². The van der Waals surface area contributed by atoms with Gasteiger partial charge in [0.05, 0.1) is 12.2 Å². The quantitative estimate of drug-likeness (QED) is 0.0712. The molecule has 11 atom stereocenters. The van der Waals surface area contributed by atoms with Gasteiger partial charge in [-0.15, -0.1) is 0 Å². The summed E-state index contributed by atoms with van der Waals surface area (Å²) >= 11 is 0. The minimum Gasteiger partial charge on any atom is -0.508 e. The van der Waals surface area contributed by atoms with Crippen LogP contribution in [0, 0.1) is 0 Å². The van der Waals surface area contributed by atoms with Crippen molar-refractivity contribution < 1.29 is 89.4 Å². The molecule has 2 saturated heterocycles. The Morgan fingerprint density at radius 3 is 2.13 bits per heavy atom. The maximum absolute atomic E-state index is 12.6. The standard InChI is InChI=1S/C36H38O18/c37-13-25-28(44)30(46)32(48)35(52-25)54-34-31(47)29(45)26(14-49-27(43)8-3-15-1-5-17(38)6-2-15)53-36(34)51-24-12-19-21(41)10-18(39)11-23(19)50-33(24)16-4-7-20(40)22(42)9-16/h1-12,25-26,28-42,44-48H,13-14H2/b8-3-/t25-,26+,28+,29+,30-,31-,32+,33?,34+,35-,36+/m0/s1. The van der Waals surface area contributed by atoms with Crippen LogP contribution in [0.2, 0.25) is 0 Å². The fourth-order valence-electron chi connectivity index (χ4n) is 5.99. The number of benzene rings is 3. The maximum atomic E-state index is 12.6. The molecule has 2 fully saturated rings. The van der Waals surface area contributed by atoms with Gasteiger partial charge in [0.1, 0.15) is 78.1 Å². The third-order valence-electron chi connectivity index (χ3n) is 8.93. The van der Waals surface area contributed by atoms with E-state index in [2.05, 4.69) is 0 Å². The Bertz CT molecular complexity index is 1860. The van der Waals surface area contributed by atoms with Gasteiger partial charge >= 0.3 is 5.97 Å². The Hall–Kier alpha value is -5.15. The zero-order valence-electron chi connectivity index (χ0n) is 28.0. The van der Waals surface area contributed by atoms with E-state index in [0.717, 1.165) is 24.3 Å². The number of hydrogen-bond donors (Lipinski definition) is 11. The fourth-order valence-corrected chi connectivity index (χ4v) is 5.99. The monoisotopic (exact) mass is 758 g/mol. The van der Waals surface area contributed by atoms with Crippen LogP contribution in [0.25, 0.3) is 12.2 Å². The van der Waals surface area contributed by atoms with Crippen molar-refractivity contribution in [2.24, 2.45) is 0 Å². The van der Waals surface area contributed by atoms with Crippen LogP contribution >= 0.6 is 0 Å². The lowest BCUT2D eigenvalue weighted by molar-refractivity contribution is -0.364. The van der Waals surface area contributed by atoms with Crippen LogP contribution < -0.4 is 4.74 Å². The number of carbonyl (C=O) groups is 1. The lowest BCUT2D eigenvalue weighted by atomic mass is 9.97. The molecule has 3 heterocycles. The SMILES string of the molecule is O=C(/C=C\c1ccc(O)cc1)OC[C@H]1O[C@@H](OC2=Cc3c(O)cc(O)cc3OC2c2ccc(O)c(O)c2)[C@H](O[C@@H]2O[C@@H](CO)[C@@H](O)[C@H](O)[C@H]2O)[C@@H](O)[C@@H]1O. The van der Waals surface area contributed by atoms with Crippen LogP contribution in [0.5, 0.6) is 34.5 Å². The predicted molar refractivity (Wildman–Crippen MR) is 179 cm³/mol. The molecule has 0 aromatic heterocycles. The van der Waals surface area contributed by atoms with Crippen LogP contribution in [0.3, 0.4) is 0 Å². The predicted octanol–water partition coefficient (Wildman–Crippen LogP) is -0.406. The number of aliphatic hydroxyl groups excluding tert-OH is 6. The third-order valence-corrected chi connectivity index (χ3v) is 8.93. The number of aromatic hydroxyl groups is 5. The fraction of sp³-hybridized carbons (Fsp3) is 0.361. The Balaban J connectivity index is 1.31. The molecule has 0 radical (unpaired) electrons. The van der Waals surface area contributed by atoms with Gasteiger partial charge in [-0.25, -0.2) is 4.79 Å². The first-order valence-electron chi connectivity index (χ1n) is 16.5. The molecule has 1 unspecified atom stereocenters. The van der Waals surface area contributed by atoms with Crippen LogP contribution in [0.15, 0.2) is 66.4 Å². The molecular weight excluding hydrogens is 720 g/mol. The molecule has 6 rings (SSSR count). The first-order valence-corrected chi connectivity index (χ1v) is 16.5. The summed E-state index contributed by atoms with van der Waals surface area (Å²) in [5.74, 6) is -2.90. The first kappa shape index (κ1) is 38.6. The summed E-state index contributed by atoms with van der Waals surface area (Å²) < 4.78 is 34.7. The number of phenols is 5. The summed E-state index contributed by atoms with van der Waals surface area (Å²) in [7, 11) is 0. The van der Waals surface area contributed by atoms with Gasteiger partial charge in [0.15, 0.2) is 30.0 Å². The smallest absolute Gasteiger partial charge is 0.330 e. The zero-order chi connectivity index (χ0) is 38.8. The molecule has 0 bridgehead atoms. The molecule has 18 heteroatoms. The lowest BCUT2D eigenvalue weighted by Gasteiger charge is -2.46. The van der Waals surface area contributed by atoms with Crippen molar-refractivity contribution in [1.82, 2.24) is 0 Å². The van der Waals surface area contributed by atoms with Crippen molar-refractivity contribution >= 4 is 18.1 Å². The molecule has 54 heavy (non-hydrogen) atoms. The summed E-state index contributed by atoms with van der Waals surface area (Å²) in [6.45, 7) is -1.47. The summed E-state index contributed by atoms with van der Waals surface area (Å²) in [5, 5.41) is 114. The molecule has 3 aliphatic rings. The van der Waals surface area contributed by atoms with E-state index in [-0.39, 0.29) is 34.1 Å². The zero-order valence-corrected chi connectivity index (χ0v) is 28.0. The minimum atomic E-state index is -1.97. The van der Waals surface area contributed by atoms with Gasteiger partial charge in [-0.3, -0.25) is 0 Å². The maximum Gasteiger partial charge on any atom is 0.330 e. The molecule has 0 saturated carbocycles. The molecule has 18 nitrogen and oxygen atoms in total. The number of esters is 1. The third kappa shape index (κ3) is 8.16. The summed E-state index contributed by atoms with van der Waals surface area (Å²) in [4.78, 5) is 12.6. The Kier molecular flexibility index (Phi) is 11.5. The largest absolute Gasteiger partial charge is 0.508 e. The molecule has 3 aromatic carbocycles. The number of fused-ring (bicyclic) bond motifs is 1. The van der Waals surface area contributed by atoms with Gasteiger partial charge in [0.25, 0.3) is 0 Å². The van der Waals surface area contributed by atoms with Gasteiger partial charge in [-0.2, -0.15) is 0 Å². The molecule has 290 valence electrons. The second-order valence-corrected chi connectivity index (χ2v) is 12.7. The van der Waals surface area contributed by atoms with Crippen LogP contribution in [-0.2, 0) is 28.5 Å². The molecular formula is C36H38O18. The summed E-state index contributed by atoms with van der Waals surface area (Å²) in [5.41, 5.74) is 0.729. The van der Waals surface area contributed by atoms with Gasteiger partial charge in [-0.05, 0) is 42.0 Å². The van der Waals surface area contributed by atoms with Gasteiger partial charge in [0, 0.05) is 23.8 Å². The Morgan fingerprint density at radius 1 is 0.722 bits per heavy atom. The van der Waals surface area contributed by atoms with Gasteiger partial charge < -0.3 is 84.6 Å². The van der Waals surface area contributed by atoms with Crippen LogP contribution in [-0.4, -0.2) is 137 Å². The average molecular weight is 759 g/mol. The highest BCUT2D eigenvalue weighted by molar-refractivity contribution is 5.87. The van der Waals surface area contributed by atoms with E-state index in [9.17, 15) is 61.0 Å². The van der Waals surface area contributed by atoms with E-state index >= 15 is 0 Å². The van der Waals surface area contributed by atoms with E-state index in [1.54, 1.807) is 0 Å². The van der Waals surface area contributed by atoms with Crippen molar-refractivity contribution in [3.63, 3.8) is 0 Å². The average Bonchev–Trinajstić information content (AvgIpc) is 3.14. The summed E-state index contributed by atoms with van der Waals surface area (Å²) in [6.07, 6.45) is -15.4. The molecule has 0 aliphatic carbocycles. The number of rotatable bonds is 10. The van der Waals surface area contributed by atoms with Gasteiger partial charge in [-0.1, -0.05) is 18.2 Å². The van der Waals surface area contributed by atoms with E-state index in [1.807, 2.05) is 0 Å². The van der Waals surface area contributed by atoms with E-state index in [4.69, 9.17) is 28.4 Å². The lowest BCUT2D eigenvalue weighted by Crippen LogP contribution is -2.64.